The topological polar surface area (TPSA) is 67.3 Å². The van der Waals surface area contributed by atoms with Gasteiger partial charge in [0.1, 0.15) is 17.2 Å². The molecular formula is C16H22N6OS. The molecule has 0 unspecified atom stereocenters. The Labute approximate surface area is 145 Å². The second-order valence-corrected chi connectivity index (χ2v) is 7.43. The van der Waals surface area contributed by atoms with Gasteiger partial charge in [-0.05, 0) is 19.8 Å². The van der Waals surface area contributed by atoms with E-state index in [-0.39, 0.29) is 0 Å². The molecule has 0 atom stereocenters. The lowest BCUT2D eigenvalue weighted by Gasteiger charge is -2.35. The minimum absolute atomic E-state index is 0.506. The molecule has 2 aromatic heterocycles. The Balaban J connectivity index is 1.42. The summed E-state index contributed by atoms with van der Waals surface area (Å²) in [6.45, 7) is 7.46. The molecule has 0 N–H and O–H groups in total. The van der Waals surface area contributed by atoms with Gasteiger partial charge in [0.15, 0.2) is 0 Å². The van der Waals surface area contributed by atoms with E-state index in [1.807, 2.05) is 6.92 Å². The zero-order valence-electron chi connectivity index (χ0n) is 13.9. The van der Waals surface area contributed by atoms with Crippen LogP contribution in [-0.4, -0.2) is 59.6 Å². The molecule has 128 valence electrons. The normalized spacial score (nSPS) is 19.7. The average molecular weight is 346 g/mol. The van der Waals surface area contributed by atoms with Gasteiger partial charge in [-0.1, -0.05) is 11.3 Å². The second kappa shape index (κ2) is 6.98. The summed E-state index contributed by atoms with van der Waals surface area (Å²) in [4.78, 5) is 13.7. The highest BCUT2D eigenvalue weighted by Crippen LogP contribution is 2.28. The molecule has 2 aliphatic heterocycles. The molecule has 0 aromatic carbocycles. The van der Waals surface area contributed by atoms with Crippen molar-refractivity contribution < 1.29 is 4.74 Å². The Morgan fingerprint density at radius 3 is 2.50 bits per heavy atom. The van der Waals surface area contributed by atoms with E-state index in [0.717, 1.165) is 73.9 Å². The van der Waals surface area contributed by atoms with Gasteiger partial charge < -0.3 is 14.5 Å². The predicted octanol–water partition coefficient (Wildman–Crippen LogP) is 1.86. The van der Waals surface area contributed by atoms with Crippen LogP contribution in [0.1, 0.15) is 29.5 Å². The van der Waals surface area contributed by atoms with E-state index >= 15 is 0 Å². The largest absolute Gasteiger partial charge is 0.381 e. The van der Waals surface area contributed by atoms with Crippen molar-refractivity contribution in [1.82, 2.24) is 20.2 Å². The first-order chi connectivity index (χ1) is 11.8. The fourth-order valence-electron chi connectivity index (χ4n) is 3.29. The van der Waals surface area contributed by atoms with Gasteiger partial charge >= 0.3 is 0 Å². The molecule has 24 heavy (non-hydrogen) atoms. The Morgan fingerprint density at radius 2 is 1.79 bits per heavy atom. The molecule has 2 saturated heterocycles. The summed E-state index contributed by atoms with van der Waals surface area (Å²) in [5.41, 5.74) is 1.16. The van der Waals surface area contributed by atoms with Crippen LogP contribution in [0.5, 0.6) is 0 Å². The van der Waals surface area contributed by atoms with E-state index < -0.39 is 0 Å². The smallest absolute Gasteiger partial charge is 0.208 e. The van der Waals surface area contributed by atoms with Crippen molar-refractivity contribution in [2.45, 2.75) is 25.7 Å². The SMILES string of the molecule is Cc1nnc(N2CCN(c3cc(C4CCOCC4)ncn3)CC2)s1. The Morgan fingerprint density at radius 1 is 1.04 bits per heavy atom. The van der Waals surface area contributed by atoms with E-state index in [0.29, 0.717) is 5.92 Å². The number of nitrogens with zero attached hydrogens (tertiary/aromatic N) is 6. The van der Waals surface area contributed by atoms with Crippen molar-refractivity contribution in [3.63, 3.8) is 0 Å². The molecule has 8 heteroatoms. The number of piperazine rings is 1. The molecule has 0 bridgehead atoms. The van der Waals surface area contributed by atoms with Crippen LogP contribution in [0.4, 0.5) is 10.9 Å². The van der Waals surface area contributed by atoms with E-state index in [4.69, 9.17) is 4.74 Å². The Kier molecular flexibility index (Phi) is 4.57. The summed E-state index contributed by atoms with van der Waals surface area (Å²) in [6.07, 6.45) is 3.82. The molecule has 2 aromatic rings. The lowest BCUT2D eigenvalue weighted by atomic mass is 9.96. The summed E-state index contributed by atoms with van der Waals surface area (Å²) in [5, 5.41) is 10.4. The lowest BCUT2D eigenvalue weighted by molar-refractivity contribution is 0.0845. The Bertz CT molecular complexity index is 679. The maximum absolute atomic E-state index is 5.45. The molecule has 7 nitrogen and oxygen atoms in total. The average Bonchev–Trinajstić information content (AvgIpc) is 3.09. The van der Waals surface area contributed by atoms with Crippen LogP contribution in [-0.2, 0) is 4.74 Å². The first-order valence-electron chi connectivity index (χ1n) is 8.49. The van der Waals surface area contributed by atoms with E-state index in [1.54, 1.807) is 17.7 Å². The molecule has 2 aliphatic rings. The monoisotopic (exact) mass is 346 g/mol. The third kappa shape index (κ3) is 3.34. The molecule has 0 saturated carbocycles. The first-order valence-corrected chi connectivity index (χ1v) is 9.31. The number of rotatable bonds is 3. The highest BCUT2D eigenvalue weighted by molar-refractivity contribution is 7.15. The van der Waals surface area contributed by atoms with Gasteiger partial charge in [-0.3, -0.25) is 0 Å². The second-order valence-electron chi connectivity index (χ2n) is 6.27. The number of ether oxygens (including phenoxy) is 1. The lowest BCUT2D eigenvalue weighted by Crippen LogP contribution is -2.46. The summed E-state index contributed by atoms with van der Waals surface area (Å²) in [5.74, 6) is 1.55. The number of anilines is 2. The van der Waals surface area contributed by atoms with Crippen LogP contribution in [0, 0.1) is 6.92 Å². The van der Waals surface area contributed by atoms with Gasteiger partial charge in [-0.2, -0.15) is 0 Å². The number of aryl methyl sites for hydroxylation is 1. The maximum Gasteiger partial charge on any atom is 0.208 e. The highest BCUT2D eigenvalue weighted by atomic mass is 32.1. The molecule has 0 aliphatic carbocycles. The van der Waals surface area contributed by atoms with Crippen LogP contribution in [0.2, 0.25) is 0 Å². The van der Waals surface area contributed by atoms with Gasteiger partial charge in [0.25, 0.3) is 0 Å². The number of hydrogen-bond donors (Lipinski definition) is 0. The van der Waals surface area contributed by atoms with Crippen molar-refractivity contribution in [3.05, 3.63) is 23.1 Å². The molecule has 4 rings (SSSR count). The van der Waals surface area contributed by atoms with Gasteiger partial charge in [-0.15, -0.1) is 10.2 Å². The van der Waals surface area contributed by atoms with E-state index in [2.05, 4.69) is 36.0 Å². The summed E-state index contributed by atoms with van der Waals surface area (Å²) in [6, 6.07) is 2.17. The fraction of sp³-hybridized carbons (Fsp3) is 0.625. The third-order valence-electron chi connectivity index (χ3n) is 4.70. The molecule has 4 heterocycles. The van der Waals surface area contributed by atoms with Crippen LogP contribution in [0.25, 0.3) is 0 Å². The molecule has 0 amide bonds. The van der Waals surface area contributed by atoms with Crippen LogP contribution in [0.3, 0.4) is 0 Å². The van der Waals surface area contributed by atoms with Gasteiger partial charge in [0.05, 0.1) is 0 Å². The molecule has 2 fully saturated rings. The van der Waals surface area contributed by atoms with E-state index in [1.165, 1.54) is 0 Å². The van der Waals surface area contributed by atoms with Crippen molar-refractivity contribution in [2.24, 2.45) is 0 Å². The summed E-state index contributed by atoms with van der Waals surface area (Å²) in [7, 11) is 0. The van der Waals surface area contributed by atoms with Gasteiger partial charge in [0, 0.05) is 57.1 Å². The zero-order chi connectivity index (χ0) is 16.4. The van der Waals surface area contributed by atoms with E-state index in [9.17, 15) is 0 Å². The predicted molar refractivity (Wildman–Crippen MR) is 93.9 cm³/mol. The molecule has 0 spiro atoms. The zero-order valence-corrected chi connectivity index (χ0v) is 14.7. The number of aromatic nitrogens is 4. The number of hydrogen-bond acceptors (Lipinski definition) is 8. The minimum Gasteiger partial charge on any atom is -0.381 e. The van der Waals surface area contributed by atoms with Crippen LogP contribution < -0.4 is 9.80 Å². The first kappa shape index (κ1) is 15.7. The van der Waals surface area contributed by atoms with Gasteiger partial charge in [-0.25, -0.2) is 9.97 Å². The van der Waals surface area contributed by atoms with Crippen molar-refractivity contribution in [2.75, 3.05) is 49.2 Å². The Hall–Kier alpha value is -1.80. The van der Waals surface area contributed by atoms with Crippen molar-refractivity contribution >= 4 is 22.3 Å². The summed E-state index contributed by atoms with van der Waals surface area (Å²) >= 11 is 1.66. The van der Waals surface area contributed by atoms with Crippen molar-refractivity contribution in [1.29, 1.82) is 0 Å². The molecule has 0 radical (unpaired) electrons. The minimum atomic E-state index is 0.506. The maximum atomic E-state index is 5.45. The summed E-state index contributed by atoms with van der Waals surface area (Å²) < 4.78 is 5.45. The van der Waals surface area contributed by atoms with Crippen molar-refractivity contribution in [3.8, 4) is 0 Å². The highest BCUT2D eigenvalue weighted by Gasteiger charge is 2.22. The van der Waals surface area contributed by atoms with Crippen LogP contribution >= 0.6 is 11.3 Å². The fourth-order valence-corrected chi connectivity index (χ4v) is 4.03. The standard InChI is InChI=1S/C16H22N6OS/c1-12-19-20-16(24-12)22-6-4-21(5-7-22)15-10-14(17-11-18-15)13-2-8-23-9-3-13/h10-11,13H,2-9H2,1H3. The van der Waals surface area contributed by atoms with Gasteiger partial charge in [0.2, 0.25) is 5.13 Å². The van der Waals surface area contributed by atoms with Crippen LogP contribution in [0.15, 0.2) is 12.4 Å². The molecular weight excluding hydrogens is 324 g/mol. The third-order valence-corrected chi connectivity index (χ3v) is 5.60. The quantitative estimate of drug-likeness (QED) is 0.840.